The molecule has 7 nitrogen and oxygen atoms in total. The molecule has 1 amide bonds. The largest absolute Gasteiger partial charge is 0.460 e. The van der Waals surface area contributed by atoms with Crippen molar-refractivity contribution in [1.29, 1.82) is 0 Å². The minimum atomic E-state index is -0.210. The van der Waals surface area contributed by atoms with E-state index in [9.17, 15) is 4.79 Å². The molecule has 150 valence electrons. The normalized spacial score (nSPS) is 19.0. The molecule has 4 rings (SSSR count). The predicted octanol–water partition coefficient (Wildman–Crippen LogP) is 3.87. The van der Waals surface area contributed by atoms with E-state index in [1.807, 2.05) is 50.2 Å². The molecule has 1 aliphatic carbocycles. The highest BCUT2D eigenvalue weighted by Gasteiger charge is 2.25. The quantitative estimate of drug-likeness (QED) is 0.709. The molecule has 0 unspecified atom stereocenters. The molecule has 1 fully saturated rings. The van der Waals surface area contributed by atoms with Crippen LogP contribution in [0.15, 0.2) is 47.0 Å². The van der Waals surface area contributed by atoms with Crippen LogP contribution in [0.2, 0.25) is 0 Å². The van der Waals surface area contributed by atoms with Gasteiger partial charge in [-0.25, -0.2) is 9.97 Å². The van der Waals surface area contributed by atoms with Gasteiger partial charge in [0.1, 0.15) is 6.10 Å². The summed E-state index contributed by atoms with van der Waals surface area (Å²) in [6, 6.07) is 13.7. The minimum absolute atomic E-state index is 0.0704. The first kappa shape index (κ1) is 19.1. The van der Waals surface area contributed by atoms with Crippen molar-refractivity contribution in [2.75, 3.05) is 0 Å². The second kappa shape index (κ2) is 8.43. The Kier molecular flexibility index (Phi) is 5.55. The summed E-state index contributed by atoms with van der Waals surface area (Å²) in [6.07, 6.45) is 3.43. The molecule has 0 aliphatic heterocycles. The molecule has 29 heavy (non-hydrogen) atoms. The highest BCUT2D eigenvalue weighted by molar-refractivity contribution is 5.93. The maximum absolute atomic E-state index is 12.5. The molecule has 1 N–H and O–H groups in total. The number of aryl methyl sites for hydroxylation is 2. The van der Waals surface area contributed by atoms with Gasteiger partial charge in [0, 0.05) is 29.1 Å². The van der Waals surface area contributed by atoms with E-state index in [-0.39, 0.29) is 18.1 Å². The fraction of sp³-hybridized carbons (Fsp3) is 0.364. The molecule has 1 saturated carbocycles. The zero-order valence-corrected chi connectivity index (χ0v) is 16.6. The number of hydrogen-bond acceptors (Lipinski definition) is 6. The summed E-state index contributed by atoms with van der Waals surface area (Å²) in [7, 11) is 0. The number of rotatable bonds is 5. The van der Waals surface area contributed by atoms with Crippen molar-refractivity contribution >= 4 is 5.91 Å². The van der Waals surface area contributed by atoms with Gasteiger partial charge in [0.2, 0.25) is 0 Å². The molecular weight excluding hydrogens is 368 g/mol. The van der Waals surface area contributed by atoms with Crippen LogP contribution in [-0.4, -0.2) is 33.2 Å². The number of amides is 1. The van der Waals surface area contributed by atoms with E-state index < -0.39 is 0 Å². The first-order chi connectivity index (χ1) is 14.1. The van der Waals surface area contributed by atoms with Gasteiger partial charge in [0.25, 0.3) is 5.91 Å². The number of carbonyl (C=O) groups excluding carboxylic acids is 1. The second-order valence-electron chi connectivity index (χ2n) is 7.44. The molecule has 0 saturated heterocycles. The summed E-state index contributed by atoms with van der Waals surface area (Å²) >= 11 is 0. The van der Waals surface area contributed by atoms with Crippen LogP contribution < -0.4 is 10.1 Å². The number of nitrogens with one attached hydrogen (secondary N) is 1. The van der Waals surface area contributed by atoms with E-state index in [0.29, 0.717) is 17.5 Å². The van der Waals surface area contributed by atoms with Crippen molar-refractivity contribution < 1.29 is 14.1 Å². The SMILES string of the molecule is Cc1cc(C)nc(OC2CCC(NC(=O)c3cc(-c4ccccc4)on3)CC2)n1. The second-order valence-corrected chi connectivity index (χ2v) is 7.44. The molecule has 0 bridgehead atoms. The van der Waals surface area contributed by atoms with E-state index >= 15 is 0 Å². The molecule has 1 aromatic carbocycles. The van der Waals surface area contributed by atoms with Gasteiger partial charge in [-0.3, -0.25) is 4.79 Å². The molecule has 0 radical (unpaired) electrons. The van der Waals surface area contributed by atoms with E-state index in [1.165, 1.54) is 0 Å². The summed E-state index contributed by atoms with van der Waals surface area (Å²) < 4.78 is 11.3. The van der Waals surface area contributed by atoms with Crippen LogP contribution in [0.3, 0.4) is 0 Å². The van der Waals surface area contributed by atoms with Gasteiger partial charge in [-0.15, -0.1) is 0 Å². The Morgan fingerprint density at radius 1 is 1.03 bits per heavy atom. The van der Waals surface area contributed by atoms with Crippen molar-refractivity contribution in [3.8, 4) is 17.3 Å². The average molecular weight is 392 g/mol. The lowest BCUT2D eigenvalue weighted by Crippen LogP contribution is -2.40. The maximum atomic E-state index is 12.5. The van der Waals surface area contributed by atoms with E-state index in [1.54, 1.807) is 6.07 Å². The predicted molar refractivity (Wildman–Crippen MR) is 108 cm³/mol. The number of benzene rings is 1. The van der Waals surface area contributed by atoms with Crippen molar-refractivity contribution in [1.82, 2.24) is 20.4 Å². The number of aromatic nitrogens is 3. The fourth-order valence-electron chi connectivity index (χ4n) is 3.60. The third-order valence-corrected chi connectivity index (χ3v) is 5.04. The van der Waals surface area contributed by atoms with Gasteiger partial charge >= 0.3 is 6.01 Å². The van der Waals surface area contributed by atoms with Crippen LogP contribution in [0.1, 0.15) is 47.6 Å². The molecule has 3 aromatic rings. The first-order valence-electron chi connectivity index (χ1n) is 9.89. The number of hydrogen-bond donors (Lipinski definition) is 1. The molecular formula is C22H24N4O3. The Morgan fingerprint density at radius 2 is 1.72 bits per heavy atom. The van der Waals surface area contributed by atoms with Gasteiger partial charge in [0.15, 0.2) is 11.5 Å². The van der Waals surface area contributed by atoms with Crippen LogP contribution in [0.5, 0.6) is 6.01 Å². The molecule has 1 aliphatic rings. The topological polar surface area (TPSA) is 90.1 Å². The van der Waals surface area contributed by atoms with Crippen LogP contribution in [-0.2, 0) is 0 Å². The van der Waals surface area contributed by atoms with Gasteiger partial charge < -0.3 is 14.6 Å². The smallest absolute Gasteiger partial charge is 0.317 e. The van der Waals surface area contributed by atoms with E-state index in [4.69, 9.17) is 9.26 Å². The van der Waals surface area contributed by atoms with Gasteiger partial charge in [0.05, 0.1) is 0 Å². The summed E-state index contributed by atoms with van der Waals surface area (Å²) in [6.45, 7) is 3.86. The molecule has 0 spiro atoms. The van der Waals surface area contributed by atoms with Gasteiger partial charge in [-0.05, 0) is 45.6 Å². The number of ether oxygens (including phenoxy) is 1. The third kappa shape index (κ3) is 4.80. The van der Waals surface area contributed by atoms with Crippen molar-refractivity contribution in [2.45, 2.75) is 51.7 Å². The van der Waals surface area contributed by atoms with Crippen molar-refractivity contribution in [3.05, 3.63) is 59.5 Å². The van der Waals surface area contributed by atoms with Crippen molar-refractivity contribution in [2.24, 2.45) is 0 Å². The standard InChI is InChI=1S/C22H24N4O3/c1-14-12-15(2)24-22(23-14)28-18-10-8-17(9-11-18)25-21(27)19-13-20(29-26-19)16-6-4-3-5-7-16/h3-7,12-13,17-18H,8-11H2,1-2H3,(H,25,27). The number of carbonyl (C=O) groups is 1. The van der Waals surface area contributed by atoms with Crippen LogP contribution in [0, 0.1) is 13.8 Å². The Morgan fingerprint density at radius 3 is 2.41 bits per heavy atom. The third-order valence-electron chi connectivity index (χ3n) is 5.04. The molecule has 2 heterocycles. The Bertz CT molecular complexity index is 958. The van der Waals surface area contributed by atoms with Crippen LogP contribution >= 0.6 is 0 Å². The van der Waals surface area contributed by atoms with Gasteiger partial charge in [-0.1, -0.05) is 35.5 Å². The monoisotopic (exact) mass is 392 g/mol. The zero-order valence-electron chi connectivity index (χ0n) is 16.6. The highest BCUT2D eigenvalue weighted by atomic mass is 16.5. The molecule has 0 atom stereocenters. The molecule has 2 aromatic heterocycles. The lowest BCUT2D eigenvalue weighted by Gasteiger charge is -2.28. The average Bonchev–Trinajstić information content (AvgIpc) is 3.20. The lowest BCUT2D eigenvalue weighted by atomic mass is 9.93. The first-order valence-corrected chi connectivity index (χ1v) is 9.89. The lowest BCUT2D eigenvalue weighted by molar-refractivity contribution is 0.0876. The molecule has 7 heteroatoms. The van der Waals surface area contributed by atoms with Crippen LogP contribution in [0.25, 0.3) is 11.3 Å². The Balaban J connectivity index is 1.29. The highest BCUT2D eigenvalue weighted by Crippen LogP contribution is 2.24. The summed E-state index contributed by atoms with van der Waals surface area (Å²) in [5.41, 5.74) is 2.99. The Hall–Kier alpha value is -3.22. The van der Waals surface area contributed by atoms with Crippen LogP contribution in [0.4, 0.5) is 0 Å². The van der Waals surface area contributed by atoms with Crippen molar-refractivity contribution in [3.63, 3.8) is 0 Å². The zero-order chi connectivity index (χ0) is 20.2. The van der Waals surface area contributed by atoms with E-state index in [0.717, 1.165) is 42.6 Å². The summed E-state index contributed by atoms with van der Waals surface area (Å²) in [5.74, 6) is 0.374. The summed E-state index contributed by atoms with van der Waals surface area (Å²) in [4.78, 5) is 21.2. The van der Waals surface area contributed by atoms with E-state index in [2.05, 4.69) is 20.4 Å². The Labute approximate surface area is 169 Å². The fourth-order valence-corrected chi connectivity index (χ4v) is 3.60. The summed E-state index contributed by atoms with van der Waals surface area (Å²) in [5, 5.41) is 6.97. The minimum Gasteiger partial charge on any atom is -0.460 e. The number of nitrogens with zero attached hydrogens (tertiary/aromatic N) is 3. The maximum Gasteiger partial charge on any atom is 0.317 e. The van der Waals surface area contributed by atoms with Gasteiger partial charge in [-0.2, -0.15) is 0 Å².